The number of thiocarbonyl (C=S) groups is 1. The number of thioether (sulfide) groups is 1. The number of benzene rings is 1. The predicted octanol–water partition coefficient (Wildman–Crippen LogP) is 2.65. The Bertz CT molecular complexity index is 539. The first-order chi connectivity index (χ1) is 8.75. The van der Waals surface area contributed by atoms with Gasteiger partial charge in [-0.1, -0.05) is 42.2 Å². The molecule has 92 valence electrons. The summed E-state index contributed by atoms with van der Waals surface area (Å²) >= 11 is 6.42. The standard InChI is InChI=1S/C13H12N2OS2/c16-12-11(18-13(17)14-12)10-7-4-8-15(10)9-5-2-1-3-6-9/h1-3,5-6H,4,7-8H2,(H,14,16,17)/b11-10+. The van der Waals surface area contributed by atoms with Crippen LogP contribution in [-0.4, -0.2) is 16.8 Å². The zero-order valence-electron chi connectivity index (χ0n) is 9.68. The molecule has 3 nitrogen and oxygen atoms in total. The Labute approximate surface area is 115 Å². The van der Waals surface area contributed by atoms with E-state index in [0.717, 1.165) is 35.7 Å². The molecule has 2 heterocycles. The highest BCUT2D eigenvalue weighted by molar-refractivity contribution is 8.26. The van der Waals surface area contributed by atoms with Crippen LogP contribution in [0, 0.1) is 0 Å². The third-order valence-corrected chi connectivity index (χ3v) is 4.33. The minimum absolute atomic E-state index is 0.0529. The lowest BCUT2D eigenvalue weighted by Crippen LogP contribution is -2.22. The highest BCUT2D eigenvalue weighted by Crippen LogP contribution is 2.36. The van der Waals surface area contributed by atoms with Gasteiger partial charge in [-0.05, 0) is 25.0 Å². The Morgan fingerprint density at radius 3 is 2.72 bits per heavy atom. The second-order valence-corrected chi connectivity index (χ2v) is 5.90. The predicted molar refractivity (Wildman–Crippen MR) is 78.4 cm³/mol. The number of nitrogens with zero attached hydrogens (tertiary/aromatic N) is 1. The number of allylic oxidation sites excluding steroid dienone is 1. The quantitative estimate of drug-likeness (QED) is 0.631. The fraction of sp³-hybridized carbons (Fsp3) is 0.231. The normalized spacial score (nSPS) is 23.7. The van der Waals surface area contributed by atoms with E-state index in [2.05, 4.69) is 22.3 Å². The lowest BCUT2D eigenvalue weighted by atomic mass is 10.2. The van der Waals surface area contributed by atoms with Crippen LogP contribution in [0.5, 0.6) is 0 Å². The van der Waals surface area contributed by atoms with Crippen molar-refractivity contribution >= 4 is 39.9 Å². The topological polar surface area (TPSA) is 32.3 Å². The Balaban J connectivity index is 1.99. The van der Waals surface area contributed by atoms with Crippen molar-refractivity contribution in [3.63, 3.8) is 0 Å². The Morgan fingerprint density at radius 2 is 2.06 bits per heavy atom. The zero-order chi connectivity index (χ0) is 12.5. The van der Waals surface area contributed by atoms with E-state index in [4.69, 9.17) is 12.2 Å². The highest BCUT2D eigenvalue weighted by Gasteiger charge is 2.31. The third-order valence-electron chi connectivity index (χ3n) is 3.07. The minimum atomic E-state index is -0.0529. The first kappa shape index (κ1) is 11.7. The number of hydrogen-bond acceptors (Lipinski definition) is 4. The van der Waals surface area contributed by atoms with Crippen LogP contribution in [0.1, 0.15) is 12.8 Å². The van der Waals surface area contributed by atoms with Gasteiger partial charge >= 0.3 is 0 Å². The van der Waals surface area contributed by atoms with Gasteiger partial charge in [0.1, 0.15) is 4.32 Å². The molecular formula is C13H12N2OS2. The molecule has 18 heavy (non-hydrogen) atoms. The van der Waals surface area contributed by atoms with Crippen LogP contribution in [0.15, 0.2) is 40.9 Å². The lowest BCUT2D eigenvalue weighted by molar-refractivity contribution is -0.115. The number of amides is 1. The molecule has 1 N–H and O–H groups in total. The van der Waals surface area contributed by atoms with Crippen molar-refractivity contribution in [3.05, 3.63) is 40.9 Å². The molecule has 3 rings (SSSR count). The molecule has 2 saturated heterocycles. The molecular weight excluding hydrogens is 264 g/mol. The summed E-state index contributed by atoms with van der Waals surface area (Å²) < 4.78 is 0.558. The number of carbonyl (C=O) groups is 1. The number of anilines is 1. The van der Waals surface area contributed by atoms with Crippen molar-refractivity contribution in [2.24, 2.45) is 0 Å². The molecule has 0 bridgehead atoms. The van der Waals surface area contributed by atoms with Gasteiger partial charge in [-0.3, -0.25) is 4.79 Å². The first-order valence-corrected chi connectivity index (χ1v) is 7.07. The summed E-state index contributed by atoms with van der Waals surface area (Å²) in [7, 11) is 0. The fourth-order valence-electron chi connectivity index (χ4n) is 2.31. The average Bonchev–Trinajstić information content (AvgIpc) is 2.96. The van der Waals surface area contributed by atoms with Gasteiger partial charge in [-0.2, -0.15) is 0 Å². The van der Waals surface area contributed by atoms with Crippen molar-refractivity contribution in [1.29, 1.82) is 0 Å². The summed E-state index contributed by atoms with van der Waals surface area (Å²) in [6.45, 7) is 0.962. The molecule has 1 aromatic rings. The van der Waals surface area contributed by atoms with Gasteiger partial charge in [0.2, 0.25) is 0 Å². The maximum Gasteiger partial charge on any atom is 0.265 e. The fourth-order valence-corrected chi connectivity index (χ4v) is 3.45. The van der Waals surface area contributed by atoms with Gasteiger partial charge in [-0.25, -0.2) is 0 Å². The van der Waals surface area contributed by atoms with Crippen molar-refractivity contribution in [2.75, 3.05) is 11.4 Å². The van der Waals surface area contributed by atoms with Gasteiger partial charge in [0.25, 0.3) is 5.91 Å². The van der Waals surface area contributed by atoms with Crippen molar-refractivity contribution in [3.8, 4) is 0 Å². The SMILES string of the molecule is O=C1NC(=S)S/C1=C1\CCCN1c1ccccc1. The van der Waals surface area contributed by atoms with Crippen LogP contribution >= 0.6 is 24.0 Å². The van der Waals surface area contributed by atoms with Crippen LogP contribution in [0.2, 0.25) is 0 Å². The van der Waals surface area contributed by atoms with Crippen LogP contribution in [0.3, 0.4) is 0 Å². The van der Waals surface area contributed by atoms with E-state index in [0.29, 0.717) is 4.32 Å². The molecule has 5 heteroatoms. The van der Waals surface area contributed by atoms with Gasteiger partial charge in [-0.15, -0.1) is 0 Å². The van der Waals surface area contributed by atoms with Gasteiger partial charge in [0.15, 0.2) is 0 Å². The molecule has 0 saturated carbocycles. The molecule has 1 amide bonds. The molecule has 0 aliphatic carbocycles. The Hall–Kier alpha value is -1.33. The number of rotatable bonds is 1. The van der Waals surface area contributed by atoms with E-state index in [1.807, 2.05) is 18.2 Å². The van der Waals surface area contributed by atoms with Crippen molar-refractivity contribution in [2.45, 2.75) is 12.8 Å². The monoisotopic (exact) mass is 276 g/mol. The summed E-state index contributed by atoms with van der Waals surface area (Å²) in [6, 6.07) is 10.2. The van der Waals surface area contributed by atoms with Gasteiger partial charge in [0.05, 0.1) is 4.91 Å². The molecule has 0 atom stereocenters. The summed E-state index contributed by atoms with van der Waals surface area (Å²) in [5.74, 6) is -0.0529. The summed E-state index contributed by atoms with van der Waals surface area (Å²) in [5.41, 5.74) is 2.24. The van der Waals surface area contributed by atoms with Crippen molar-refractivity contribution < 1.29 is 4.79 Å². The molecule has 2 fully saturated rings. The number of nitrogens with one attached hydrogen (secondary N) is 1. The molecule has 0 spiro atoms. The van der Waals surface area contributed by atoms with E-state index in [9.17, 15) is 4.79 Å². The van der Waals surface area contributed by atoms with Crippen LogP contribution in [0.25, 0.3) is 0 Å². The zero-order valence-corrected chi connectivity index (χ0v) is 11.3. The number of hydrogen-bond donors (Lipinski definition) is 1. The summed E-state index contributed by atoms with van der Waals surface area (Å²) in [4.78, 5) is 14.8. The molecule has 1 aromatic carbocycles. The van der Waals surface area contributed by atoms with Crippen molar-refractivity contribution in [1.82, 2.24) is 5.32 Å². The highest BCUT2D eigenvalue weighted by atomic mass is 32.2. The maximum absolute atomic E-state index is 11.8. The lowest BCUT2D eigenvalue weighted by Gasteiger charge is -2.21. The number of carbonyl (C=O) groups excluding carboxylic acids is 1. The van der Waals surface area contributed by atoms with Crippen LogP contribution < -0.4 is 10.2 Å². The molecule has 0 radical (unpaired) electrons. The average molecular weight is 276 g/mol. The van der Waals surface area contributed by atoms with E-state index in [1.54, 1.807) is 0 Å². The first-order valence-electron chi connectivity index (χ1n) is 5.84. The van der Waals surface area contributed by atoms with Crippen LogP contribution in [-0.2, 0) is 4.79 Å². The molecule has 2 aliphatic heterocycles. The van der Waals surface area contributed by atoms with E-state index in [1.165, 1.54) is 11.8 Å². The largest absolute Gasteiger partial charge is 0.344 e. The summed E-state index contributed by atoms with van der Waals surface area (Å²) in [5, 5.41) is 2.69. The summed E-state index contributed by atoms with van der Waals surface area (Å²) in [6.07, 6.45) is 2.02. The minimum Gasteiger partial charge on any atom is -0.344 e. The molecule has 0 aromatic heterocycles. The molecule has 0 unspecified atom stereocenters. The van der Waals surface area contributed by atoms with Gasteiger partial charge in [0, 0.05) is 17.9 Å². The second-order valence-electron chi connectivity index (χ2n) is 4.21. The van der Waals surface area contributed by atoms with E-state index in [-0.39, 0.29) is 5.91 Å². The van der Waals surface area contributed by atoms with E-state index >= 15 is 0 Å². The smallest absolute Gasteiger partial charge is 0.265 e. The Kier molecular flexibility index (Phi) is 3.09. The maximum atomic E-state index is 11.8. The van der Waals surface area contributed by atoms with Gasteiger partial charge < -0.3 is 10.2 Å². The number of para-hydroxylation sites is 1. The third kappa shape index (κ3) is 2.04. The van der Waals surface area contributed by atoms with E-state index < -0.39 is 0 Å². The second kappa shape index (κ2) is 4.74. The van der Waals surface area contributed by atoms with Crippen LogP contribution in [0.4, 0.5) is 5.69 Å². The Morgan fingerprint density at radius 1 is 1.28 bits per heavy atom. The molecule has 2 aliphatic rings.